The highest BCUT2D eigenvalue weighted by atomic mass is 31.1. The van der Waals surface area contributed by atoms with Crippen molar-refractivity contribution in [3.63, 3.8) is 0 Å². The number of hydrogen-bond acceptors (Lipinski definition) is 4. The molecular formula is C19H39O4P. The molecule has 0 aromatic carbocycles. The van der Waals surface area contributed by atoms with Gasteiger partial charge in [0.2, 0.25) is 0 Å². The van der Waals surface area contributed by atoms with Crippen molar-refractivity contribution in [1.29, 1.82) is 0 Å². The van der Waals surface area contributed by atoms with E-state index < -0.39 is 6.10 Å². The summed E-state index contributed by atoms with van der Waals surface area (Å²) in [6, 6.07) is 0. The molecule has 0 rings (SSSR count). The summed E-state index contributed by atoms with van der Waals surface area (Å²) in [5.41, 5.74) is 0.0879. The van der Waals surface area contributed by atoms with Gasteiger partial charge in [-0.15, -0.1) is 0 Å². The van der Waals surface area contributed by atoms with Crippen LogP contribution in [0.4, 0.5) is 0 Å². The molecule has 0 spiro atoms. The maximum atomic E-state index is 11.6. The predicted molar refractivity (Wildman–Crippen MR) is 103 cm³/mol. The number of carbonyl (C=O) groups excluding carboxylic acids is 1. The minimum atomic E-state index is -0.612. The second-order valence-corrected chi connectivity index (χ2v) is 7.62. The summed E-state index contributed by atoms with van der Waals surface area (Å²) in [6.07, 6.45) is 16.8. The molecule has 0 fully saturated rings. The van der Waals surface area contributed by atoms with Crippen LogP contribution in [0.5, 0.6) is 0 Å². The lowest BCUT2D eigenvalue weighted by Crippen LogP contribution is -2.18. The summed E-state index contributed by atoms with van der Waals surface area (Å²) >= 11 is 0. The van der Waals surface area contributed by atoms with Crippen molar-refractivity contribution in [2.45, 2.75) is 103 Å². The molecule has 4 nitrogen and oxygen atoms in total. The molecule has 0 aliphatic carbocycles. The zero-order valence-electron chi connectivity index (χ0n) is 15.6. The first-order valence-corrected chi connectivity index (χ1v) is 10.8. The van der Waals surface area contributed by atoms with Crippen LogP contribution >= 0.6 is 8.81 Å². The van der Waals surface area contributed by atoms with Crippen LogP contribution in [0.2, 0.25) is 0 Å². The minimum Gasteiger partial charge on any atom is -0.394 e. The Kier molecular flexibility index (Phi) is 19.3. The SMILES string of the molecule is CCCCCCCCCCCCCCCC(=O)POC(CO)CO. The number of aliphatic hydroxyl groups excluding tert-OH is 2. The van der Waals surface area contributed by atoms with Crippen molar-refractivity contribution < 1.29 is 19.5 Å². The Morgan fingerprint density at radius 3 is 1.62 bits per heavy atom. The summed E-state index contributed by atoms with van der Waals surface area (Å²) in [6.45, 7) is 1.78. The number of aliphatic hydroxyl groups is 2. The van der Waals surface area contributed by atoms with E-state index in [1.54, 1.807) is 0 Å². The van der Waals surface area contributed by atoms with E-state index in [0.717, 1.165) is 12.8 Å². The van der Waals surface area contributed by atoms with E-state index in [-0.39, 0.29) is 27.5 Å². The standard InChI is InChI=1S/C19H39O4P/c1-2-3-4-5-6-7-8-9-10-11-12-13-14-15-19(22)24-23-18(16-20)17-21/h18,20-21,24H,2-17H2,1H3. The highest BCUT2D eigenvalue weighted by molar-refractivity contribution is 7.53. The molecule has 24 heavy (non-hydrogen) atoms. The molecule has 0 heterocycles. The fourth-order valence-corrected chi connectivity index (χ4v) is 3.36. The minimum absolute atomic E-state index is 0.0879. The van der Waals surface area contributed by atoms with Gasteiger partial charge in [-0.2, -0.15) is 0 Å². The van der Waals surface area contributed by atoms with Crippen molar-refractivity contribution in [1.82, 2.24) is 0 Å². The highest BCUT2D eigenvalue weighted by Gasteiger charge is 2.09. The average Bonchev–Trinajstić information content (AvgIpc) is 2.60. The summed E-state index contributed by atoms with van der Waals surface area (Å²) in [7, 11) is -0.248. The van der Waals surface area contributed by atoms with Gasteiger partial charge in [0, 0.05) is 6.42 Å². The van der Waals surface area contributed by atoms with Crippen LogP contribution in [0.1, 0.15) is 96.8 Å². The van der Waals surface area contributed by atoms with Gasteiger partial charge in [-0.3, -0.25) is 4.79 Å². The fourth-order valence-electron chi connectivity index (χ4n) is 2.64. The van der Waals surface area contributed by atoms with Crippen molar-refractivity contribution >= 4 is 14.3 Å². The lowest BCUT2D eigenvalue weighted by Gasteiger charge is -2.10. The van der Waals surface area contributed by atoms with Crippen LogP contribution in [0.3, 0.4) is 0 Å². The zero-order chi connectivity index (χ0) is 17.9. The van der Waals surface area contributed by atoms with E-state index in [2.05, 4.69) is 6.92 Å². The predicted octanol–water partition coefficient (Wildman–Crippen LogP) is 4.96. The van der Waals surface area contributed by atoms with E-state index in [0.29, 0.717) is 6.42 Å². The van der Waals surface area contributed by atoms with E-state index in [4.69, 9.17) is 14.7 Å². The smallest absolute Gasteiger partial charge is 0.178 e. The summed E-state index contributed by atoms with van der Waals surface area (Å²) in [5.74, 6) is 0. The Hall–Kier alpha value is -0.0200. The Morgan fingerprint density at radius 1 is 0.792 bits per heavy atom. The second kappa shape index (κ2) is 19.3. The highest BCUT2D eigenvalue weighted by Crippen LogP contribution is 2.20. The van der Waals surface area contributed by atoms with Crippen LogP contribution < -0.4 is 0 Å². The van der Waals surface area contributed by atoms with E-state index in [9.17, 15) is 4.79 Å². The third-order valence-electron chi connectivity index (χ3n) is 4.25. The van der Waals surface area contributed by atoms with E-state index in [1.807, 2.05) is 0 Å². The van der Waals surface area contributed by atoms with Gasteiger partial charge in [0.25, 0.3) is 0 Å². The van der Waals surface area contributed by atoms with E-state index in [1.165, 1.54) is 70.6 Å². The summed E-state index contributed by atoms with van der Waals surface area (Å²) in [5, 5.41) is 17.7. The molecule has 0 bridgehead atoms. The third-order valence-corrected chi connectivity index (χ3v) is 5.18. The molecular weight excluding hydrogens is 323 g/mol. The van der Waals surface area contributed by atoms with Gasteiger partial charge in [-0.05, 0) is 6.42 Å². The number of unbranched alkanes of at least 4 members (excludes halogenated alkanes) is 12. The van der Waals surface area contributed by atoms with Gasteiger partial charge in [0.15, 0.2) is 5.52 Å². The van der Waals surface area contributed by atoms with Crippen LogP contribution in [0.15, 0.2) is 0 Å². The number of hydrogen-bond donors (Lipinski definition) is 2. The summed E-state index contributed by atoms with van der Waals surface area (Å²) in [4.78, 5) is 11.6. The Labute approximate surface area is 150 Å². The number of rotatable bonds is 19. The molecule has 0 amide bonds. The molecule has 0 radical (unpaired) electrons. The van der Waals surface area contributed by atoms with Gasteiger partial charge in [0.1, 0.15) is 6.10 Å². The Morgan fingerprint density at radius 2 is 1.21 bits per heavy atom. The van der Waals surface area contributed by atoms with Gasteiger partial charge < -0.3 is 14.7 Å². The topological polar surface area (TPSA) is 66.8 Å². The molecule has 0 saturated carbocycles. The van der Waals surface area contributed by atoms with E-state index >= 15 is 0 Å². The maximum Gasteiger partial charge on any atom is 0.178 e. The molecule has 2 N–H and O–H groups in total. The molecule has 5 heteroatoms. The number of carbonyl (C=O) groups is 1. The summed E-state index contributed by atoms with van der Waals surface area (Å²) < 4.78 is 5.14. The Balaban J connectivity index is 3.20. The van der Waals surface area contributed by atoms with Gasteiger partial charge >= 0.3 is 0 Å². The first-order valence-electron chi connectivity index (χ1n) is 9.90. The quantitative estimate of drug-likeness (QED) is 0.252. The molecule has 0 aliphatic rings. The van der Waals surface area contributed by atoms with Crippen molar-refractivity contribution in [3.05, 3.63) is 0 Å². The van der Waals surface area contributed by atoms with Crippen molar-refractivity contribution in [2.75, 3.05) is 13.2 Å². The molecule has 0 aromatic heterocycles. The first kappa shape index (κ1) is 24.0. The van der Waals surface area contributed by atoms with Gasteiger partial charge in [-0.1, -0.05) is 84.0 Å². The lowest BCUT2D eigenvalue weighted by molar-refractivity contribution is -0.112. The van der Waals surface area contributed by atoms with Crippen LogP contribution in [-0.4, -0.2) is 35.1 Å². The molecule has 1 atom stereocenters. The normalized spacial score (nSPS) is 11.8. The second-order valence-electron chi connectivity index (χ2n) is 6.62. The fraction of sp³-hybridized carbons (Fsp3) is 0.947. The van der Waals surface area contributed by atoms with Gasteiger partial charge in [-0.25, -0.2) is 0 Å². The molecule has 0 aliphatic heterocycles. The molecule has 144 valence electrons. The maximum absolute atomic E-state index is 11.6. The average molecular weight is 362 g/mol. The van der Waals surface area contributed by atoms with Crippen molar-refractivity contribution in [3.8, 4) is 0 Å². The first-order chi connectivity index (χ1) is 11.7. The lowest BCUT2D eigenvalue weighted by atomic mass is 10.0. The zero-order valence-corrected chi connectivity index (χ0v) is 16.6. The molecule has 0 saturated heterocycles. The van der Waals surface area contributed by atoms with Crippen LogP contribution in [0, 0.1) is 0 Å². The third kappa shape index (κ3) is 16.8. The van der Waals surface area contributed by atoms with Gasteiger partial charge in [0.05, 0.1) is 22.0 Å². The molecule has 0 aromatic rings. The van der Waals surface area contributed by atoms with Crippen LogP contribution in [-0.2, 0) is 9.32 Å². The van der Waals surface area contributed by atoms with Crippen LogP contribution in [0.25, 0.3) is 0 Å². The Bertz CT molecular complexity index is 270. The molecule has 1 unspecified atom stereocenters. The monoisotopic (exact) mass is 362 g/mol. The van der Waals surface area contributed by atoms with Crippen molar-refractivity contribution in [2.24, 2.45) is 0 Å². The largest absolute Gasteiger partial charge is 0.394 e.